The van der Waals surface area contributed by atoms with E-state index < -0.39 is 6.04 Å². The van der Waals surface area contributed by atoms with Gasteiger partial charge in [0.25, 0.3) is 0 Å². The number of hydrogen-bond donors (Lipinski definition) is 3. The van der Waals surface area contributed by atoms with Gasteiger partial charge in [-0.2, -0.15) is 0 Å². The van der Waals surface area contributed by atoms with Crippen molar-refractivity contribution in [1.82, 2.24) is 16.0 Å². The van der Waals surface area contributed by atoms with Gasteiger partial charge < -0.3 is 16.0 Å². The summed E-state index contributed by atoms with van der Waals surface area (Å²) in [5.41, 5.74) is 0. The van der Waals surface area contributed by atoms with Gasteiger partial charge in [-0.15, -0.1) is 0 Å². The second-order valence-electron chi connectivity index (χ2n) is 2.96. The van der Waals surface area contributed by atoms with Crippen LogP contribution >= 0.6 is 0 Å². The van der Waals surface area contributed by atoms with Gasteiger partial charge in [-0.25, -0.2) is 0 Å². The molecule has 1 unspecified atom stereocenters. The van der Waals surface area contributed by atoms with Gasteiger partial charge in [0, 0.05) is 6.54 Å². The Hall–Kier alpha value is -1.10. The van der Waals surface area contributed by atoms with Crippen LogP contribution in [0.15, 0.2) is 0 Å². The Morgan fingerprint density at radius 1 is 1.21 bits per heavy atom. The molecule has 0 aromatic carbocycles. The molecule has 1 atom stereocenters. The molecular formula is C9H19N3O2. The molecule has 0 saturated carbocycles. The molecule has 0 bridgehead atoms. The van der Waals surface area contributed by atoms with Crippen LogP contribution in [0.2, 0.25) is 0 Å². The van der Waals surface area contributed by atoms with Crippen LogP contribution in [-0.4, -0.2) is 37.5 Å². The van der Waals surface area contributed by atoms with Crippen molar-refractivity contribution >= 4 is 11.8 Å². The number of rotatable bonds is 6. The summed E-state index contributed by atoms with van der Waals surface area (Å²) < 4.78 is 0. The molecule has 0 aromatic heterocycles. The van der Waals surface area contributed by atoms with Gasteiger partial charge in [-0.3, -0.25) is 9.59 Å². The maximum atomic E-state index is 11.2. The van der Waals surface area contributed by atoms with Crippen molar-refractivity contribution in [2.75, 3.05) is 19.6 Å². The van der Waals surface area contributed by atoms with Gasteiger partial charge in [-0.1, -0.05) is 6.92 Å². The Bertz CT molecular complexity index is 194. The van der Waals surface area contributed by atoms with E-state index in [-0.39, 0.29) is 18.4 Å². The van der Waals surface area contributed by atoms with Crippen LogP contribution in [-0.2, 0) is 9.59 Å². The standard InChI is InChI=1S/C9H19N3O2/c1-4-10-6-8(13)12-7(3)9(14)11-5-2/h7,10H,4-6H2,1-3H3,(H,11,14)(H,12,13). The average Bonchev–Trinajstić information content (AvgIpc) is 2.15. The van der Waals surface area contributed by atoms with E-state index in [2.05, 4.69) is 16.0 Å². The molecule has 0 radical (unpaired) electrons. The van der Waals surface area contributed by atoms with Crippen LogP contribution in [0.25, 0.3) is 0 Å². The molecule has 5 heteroatoms. The molecule has 0 saturated heterocycles. The zero-order valence-electron chi connectivity index (χ0n) is 9.02. The lowest BCUT2D eigenvalue weighted by Crippen LogP contribution is -2.47. The van der Waals surface area contributed by atoms with Crippen molar-refractivity contribution in [3.8, 4) is 0 Å². The van der Waals surface area contributed by atoms with E-state index in [9.17, 15) is 9.59 Å². The molecule has 0 aromatic rings. The molecule has 0 rings (SSSR count). The molecule has 0 aliphatic carbocycles. The van der Waals surface area contributed by atoms with Crippen LogP contribution < -0.4 is 16.0 Å². The zero-order valence-corrected chi connectivity index (χ0v) is 9.02. The summed E-state index contributed by atoms with van der Waals surface area (Å²) in [6, 6.07) is -0.471. The van der Waals surface area contributed by atoms with Crippen molar-refractivity contribution < 1.29 is 9.59 Å². The van der Waals surface area contributed by atoms with Gasteiger partial charge in [0.1, 0.15) is 6.04 Å². The quantitative estimate of drug-likeness (QED) is 0.529. The van der Waals surface area contributed by atoms with Crippen molar-refractivity contribution in [3.05, 3.63) is 0 Å². The lowest BCUT2D eigenvalue weighted by molar-refractivity contribution is -0.128. The van der Waals surface area contributed by atoms with Gasteiger partial charge in [0.05, 0.1) is 6.54 Å². The summed E-state index contributed by atoms with van der Waals surface area (Å²) in [4.78, 5) is 22.4. The van der Waals surface area contributed by atoms with Crippen molar-refractivity contribution in [3.63, 3.8) is 0 Å². The second kappa shape index (κ2) is 7.32. The lowest BCUT2D eigenvalue weighted by atomic mass is 10.3. The predicted molar refractivity (Wildman–Crippen MR) is 54.8 cm³/mol. The maximum absolute atomic E-state index is 11.2. The van der Waals surface area contributed by atoms with Gasteiger partial charge in [0.15, 0.2) is 0 Å². The molecule has 0 aliphatic heterocycles. The van der Waals surface area contributed by atoms with E-state index in [0.717, 1.165) is 6.54 Å². The average molecular weight is 201 g/mol. The first kappa shape index (κ1) is 12.9. The van der Waals surface area contributed by atoms with E-state index in [1.54, 1.807) is 6.92 Å². The molecule has 3 N–H and O–H groups in total. The normalized spacial score (nSPS) is 11.9. The maximum Gasteiger partial charge on any atom is 0.242 e. The SMILES string of the molecule is CCNCC(=O)NC(C)C(=O)NCC. The van der Waals surface area contributed by atoms with E-state index in [4.69, 9.17) is 0 Å². The Morgan fingerprint density at radius 2 is 1.86 bits per heavy atom. The van der Waals surface area contributed by atoms with E-state index >= 15 is 0 Å². The van der Waals surface area contributed by atoms with Crippen LogP contribution in [0.3, 0.4) is 0 Å². The zero-order chi connectivity index (χ0) is 11.0. The third-order valence-electron chi connectivity index (χ3n) is 1.66. The highest BCUT2D eigenvalue weighted by Gasteiger charge is 2.13. The molecule has 0 aliphatic rings. The molecule has 82 valence electrons. The Labute approximate surface area is 84.6 Å². The topological polar surface area (TPSA) is 70.2 Å². The largest absolute Gasteiger partial charge is 0.355 e. The molecular weight excluding hydrogens is 182 g/mol. The second-order valence-corrected chi connectivity index (χ2v) is 2.96. The van der Waals surface area contributed by atoms with E-state index in [1.165, 1.54) is 0 Å². The fourth-order valence-corrected chi connectivity index (χ4v) is 0.924. The lowest BCUT2D eigenvalue weighted by Gasteiger charge is -2.13. The summed E-state index contributed by atoms with van der Waals surface area (Å²) in [7, 11) is 0. The number of nitrogens with one attached hydrogen (secondary N) is 3. The predicted octanol–water partition coefficient (Wildman–Crippen LogP) is -0.763. The fraction of sp³-hybridized carbons (Fsp3) is 0.778. The third-order valence-corrected chi connectivity index (χ3v) is 1.66. The first-order valence-electron chi connectivity index (χ1n) is 4.89. The molecule has 0 heterocycles. The summed E-state index contributed by atoms with van der Waals surface area (Å²) in [5.74, 6) is -0.317. The van der Waals surface area contributed by atoms with Crippen LogP contribution in [0.4, 0.5) is 0 Å². The number of likely N-dealkylation sites (N-methyl/N-ethyl adjacent to an activating group) is 2. The van der Waals surface area contributed by atoms with Crippen molar-refractivity contribution in [2.24, 2.45) is 0 Å². The summed E-state index contributed by atoms with van der Waals surface area (Å²) in [5, 5.41) is 8.10. The number of hydrogen-bond acceptors (Lipinski definition) is 3. The highest BCUT2D eigenvalue weighted by Crippen LogP contribution is 1.81. The Balaban J connectivity index is 3.75. The minimum absolute atomic E-state index is 0.155. The van der Waals surface area contributed by atoms with Crippen LogP contribution in [0.1, 0.15) is 20.8 Å². The van der Waals surface area contributed by atoms with Crippen LogP contribution in [0.5, 0.6) is 0 Å². The highest BCUT2D eigenvalue weighted by atomic mass is 16.2. The monoisotopic (exact) mass is 201 g/mol. The minimum atomic E-state index is -0.471. The van der Waals surface area contributed by atoms with Crippen LogP contribution in [0, 0.1) is 0 Å². The Kier molecular flexibility index (Phi) is 6.74. The summed E-state index contributed by atoms with van der Waals surface area (Å²) in [6.07, 6.45) is 0. The third kappa shape index (κ3) is 5.53. The van der Waals surface area contributed by atoms with E-state index in [0.29, 0.717) is 6.54 Å². The summed E-state index contributed by atoms with van der Waals surface area (Å²) in [6.45, 7) is 6.98. The number of carbonyl (C=O) groups is 2. The fourth-order valence-electron chi connectivity index (χ4n) is 0.924. The molecule has 14 heavy (non-hydrogen) atoms. The number of carbonyl (C=O) groups excluding carboxylic acids is 2. The number of amides is 2. The van der Waals surface area contributed by atoms with Gasteiger partial charge in [-0.05, 0) is 20.4 Å². The van der Waals surface area contributed by atoms with E-state index in [1.807, 2.05) is 13.8 Å². The molecule has 5 nitrogen and oxygen atoms in total. The first-order valence-corrected chi connectivity index (χ1v) is 4.89. The first-order chi connectivity index (χ1) is 6.61. The molecule has 0 fully saturated rings. The smallest absolute Gasteiger partial charge is 0.242 e. The van der Waals surface area contributed by atoms with Crippen molar-refractivity contribution in [2.45, 2.75) is 26.8 Å². The minimum Gasteiger partial charge on any atom is -0.355 e. The van der Waals surface area contributed by atoms with Gasteiger partial charge in [0.2, 0.25) is 11.8 Å². The Morgan fingerprint density at radius 3 is 2.36 bits per heavy atom. The summed E-state index contributed by atoms with van der Waals surface area (Å²) >= 11 is 0. The molecule has 2 amide bonds. The van der Waals surface area contributed by atoms with Gasteiger partial charge >= 0.3 is 0 Å². The molecule has 0 spiro atoms. The highest BCUT2D eigenvalue weighted by molar-refractivity contribution is 5.87. The van der Waals surface area contributed by atoms with Crippen molar-refractivity contribution in [1.29, 1.82) is 0 Å².